The van der Waals surface area contributed by atoms with Crippen molar-refractivity contribution in [3.8, 4) is 5.69 Å². The molecule has 6 nitrogen and oxygen atoms in total. The third-order valence-electron chi connectivity index (χ3n) is 3.02. The molecule has 7 heteroatoms. The molecule has 0 amide bonds. The maximum Gasteiger partial charge on any atom is 0.150 e. The predicted octanol–water partition coefficient (Wildman–Crippen LogP) is 2.37. The van der Waals surface area contributed by atoms with Crippen LogP contribution in [0.3, 0.4) is 0 Å². The minimum absolute atomic E-state index is 0.0738. The number of aromatic nitrogens is 5. The molecule has 0 saturated heterocycles. The summed E-state index contributed by atoms with van der Waals surface area (Å²) in [6.45, 7) is 1.94. The van der Waals surface area contributed by atoms with Crippen molar-refractivity contribution in [1.29, 1.82) is 0 Å². The Kier molecular flexibility index (Phi) is 3.55. The molecule has 0 spiro atoms. The fourth-order valence-electron chi connectivity index (χ4n) is 1.97. The number of hydrogen-bond donors (Lipinski definition) is 1. The summed E-state index contributed by atoms with van der Waals surface area (Å²) in [7, 11) is 0. The number of nitrogens with zero attached hydrogens (tertiary/aromatic N) is 5. The number of anilines is 1. The molecule has 2 aromatic heterocycles. The minimum Gasteiger partial charge on any atom is -0.377 e. The first-order valence-electron chi connectivity index (χ1n) is 6.41. The van der Waals surface area contributed by atoms with Gasteiger partial charge in [-0.2, -0.15) is 5.10 Å². The molecular formula is C14H13FN6. The molecule has 2 heterocycles. The Balaban J connectivity index is 1.80. The van der Waals surface area contributed by atoms with Gasteiger partial charge in [-0.05, 0) is 25.1 Å². The highest BCUT2D eigenvalue weighted by molar-refractivity contribution is 5.50. The van der Waals surface area contributed by atoms with E-state index in [1.54, 1.807) is 30.7 Å². The molecule has 1 aromatic carbocycles. The van der Waals surface area contributed by atoms with Gasteiger partial charge in [0.2, 0.25) is 0 Å². The van der Waals surface area contributed by atoms with Gasteiger partial charge in [-0.3, -0.25) is 9.97 Å². The average Bonchev–Trinajstić information content (AvgIpc) is 3.02. The van der Waals surface area contributed by atoms with Crippen LogP contribution < -0.4 is 5.32 Å². The van der Waals surface area contributed by atoms with Gasteiger partial charge in [0.05, 0.1) is 17.9 Å². The number of nitrogens with one attached hydrogen (secondary N) is 1. The Morgan fingerprint density at radius 3 is 2.81 bits per heavy atom. The molecule has 0 aliphatic rings. The summed E-state index contributed by atoms with van der Waals surface area (Å²) in [5.74, 6) is -0.378. The third-order valence-corrected chi connectivity index (χ3v) is 3.02. The summed E-state index contributed by atoms with van der Waals surface area (Å²) < 4.78 is 15.5. The molecule has 1 N–H and O–H groups in total. The van der Waals surface area contributed by atoms with Crippen molar-refractivity contribution in [2.75, 3.05) is 5.32 Å². The van der Waals surface area contributed by atoms with Crippen molar-refractivity contribution in [2.45, 2.75) is 13.0 Å². The lowest BCUT2D eigenvalue weighted by atomic mass is 10.2. The monoisotopic (exact) mass is 284 g/mol. The third kappa shape index (κ3) is 2.86. The van der Waals surface area contributed by atoms with E-state index in [4.69, 9.17) is 0 Å². The Labute approximate surface area is 120 Å². The largest absolute Gasteiger partial charge is 0.377 e. The minimum atomic E-state index is -0.378. The van der Waals surface area contributed by atoms with Crippen molar-refractivity contribution < 1.29 is 4.39 Å². The van der Waals surface area contributed by atoms with E-state index in [0.29, 0.717) is 11.4 Å². The van der Waals surface area contributed by atoms with Crippen molar-refractivity contribution in [3.05, 3.63) is 61.0 Å². The number of benzene rings is 1. The van der Waals surface area contributed by atoms with Crippen LogP contribution in [0.4, 0.5) is 10.1 Å². The molecule has 0 saturated carbocycles. The van der Waals surface area contributed by atoms with Crippen LogP contribution in [-0.2, 0) is 0 Å². The lowest BCUT2D eigenvalue weighted by molar-refractivity contribution is 0.610. The van der Waals surface area contributed by atoms with E-state index < -0.39 is 0 Å². The zero-order chi connectivity index (χ0) is 14.7. The zero-order valence-corrected chi connectivity index (χ0v) is 11.3. The average molecular weight is 284 g/mol. The lowest BCUT2D eigenvalue weighted by Crippen LogP contribution is -2.09. The first kappa shape index (κ1) is 13.2. The van der Waals surface area contributed by atoms with Gasteiger partial charge in [-0.25, -0.2) is 14.1 Å². The second-order valence-electron chi connectivity index (χ2n) is 4.50. The molecular weight excluding hydrogens is 271 g/mol. The van der Waals surface area contributed by atoms with Gasteiger partial charge < -0.3 is 5.32 Å². The topological polar surface area (TPSA) is 68.5 Å². The summed E-state index contributed by atoms with van der Waals surface area (Å²) >= 11 is 0. The maximum atomic E-state index is 14.1. The van der Waals surface area contributed by atoms with Gasteiger partial charge in [0.15, 0.2) is 5.82 Å². The van der Waals surface area contributed by atoms with Crippen LogP contribution in [0.5, 0.6) is 0 Å². The van der Waals surface area contributed by atoms with E-state index in [0.717, 1.165) is 5.69 Å². The molecule has 1 unspecified atom stereocenters. The van der Waals surface area contributed by atoms with Crippen molar-refractivity contribution in [2.24, 2.45) is 0 Å². The van der Waals surface area contributed by atoms with Crippen LogP contribution in [0.2, 0.25) is 0 Å². The fraction of sp³-hybridized carbons (Fsp3) is 0.143. The number of rotatable bonds is 4. The quantitative estimate of drug-likeness (QED) is 0.796. The van der Waals surface area contributed by atoms with E-state index in [1.165, 1.54) is 23.4 Å². The van der Waals surface area contributed by atoms with Crippen molar-refractivity contribution >= 4 is 5.69 Å². The lowest BCUT2D eigenvalue weighted by Gasteiger charge is -2.15. The van der Waals surface area contributed by atoms with Crippen molar-refractivity contribution in [1.82, 2.24) is 24.7 Å². The van der Waals surface area contributed by atoms with Crippen LogP contribution in [0.25, 0.3) is 5.69 Å². The molecule has 0 aliphatic carbocycles. The maximum absolute atomic E-state index is 14.1. The number of halogens is 1. The SMILES string of the molecule is CC(Nc1ccc(-n2cncn2)c(F)c1)c1cnccn1. The Morgan fingerprint density at radius 2 is 2.14 bits per heavy atom. The van der Waals surface area contributed by atoms with Crippen molar-refractivity contribution in [3.63, 3.8) is 0 Å². The highest BCUT2D eigenvalue weighted by Gasteiger charge is 2.10. The van der Waals surface area contributed by atoms with Gasteiger partial charge in [-0.15, -0.1) is 0 Å². The summed E-state index contributed by atoms with van der Waals surface area (Å²) in [4.78, 5) is 12.0. The fourth-order valence-corrected chi connectivity index (χ4v) is 1.97. The van der Waals surface area contributed by atoms with Crippen LogP contribution in [0.1, 0.15) is 18.7 Å². The molecule has 106 valence electrons. The highest BCUT2D eigenvalue weighted by atomic mass is 19.1. The van der Waals surface area contributed by atoms with E-state index in [9.17, 15) is 4.39 Å². The molecule has 0 aliphatic heterocycles. The second-order valence-corrected chi connectivity index (χ2v) is 4.50. The predicted molar refractivity (Wildman–Crippen MR) is 75.4 cm³/mol. The molecule has 21 heavy (non-hydrogen) atoms. The Morgan fingerprint density at radius 1 is 1.24 bits per heavy atom. The first-order valence-corrected chi connectivity index (χ1v) is 6.41. The summed E-state index contributed by atoms with van der Waals surface area (Å²) in [5.41, 5.74) is 1.80. The van der Waals surface area contributed by atoms with Gasteiger partial charge in [-0.1, -0.05) is 0 Å². The Hall–Kier alpha value is -2.83. The standard InChI is InChI=1S/C14H13FN6/c1-10(13-7-16-4-5-18-13)20-11-2-3-14(12(15)6-11)21-9-17-8-19-21/h2-10,20H,1H3. The molecule has 3 rings (SSSR count). The smallest absolute Gasteiger partial charge is 0.150 e. The summed E-state index contributed by atoms with van der Waals surface area (Å²) in [6.07, 6.45) is 7.73. The van der Waals surface area contributed by atoms with Gasteiger partial charge in [0.1, 0.15) is 18.3 Å². The van der Waals surface area contributed by atoms with E-state index in [2.05, 4.69) is 25.4 Å². The second kappa shape index (κ2) is 5.66. The summed E-state index contributed by atoms with van der Waals surface area (Å²) in [6, 6.07) is 4.78. The van der Waals surface area contributed by atoms with Crippen LogP contribution in [0.15, 0.2) is 49.4 Å². The van der Waals surface area contributed by atoms with E-state index in [1.807, 2.05) is 6.92 Å². The molecule has 0 bridgehead atoms. The molecule has 1 atom stereocenters. The van der Waals surface area contributed by atoms with Crippen LogP contribution >= 0.6 is 0 Å². The van der Waals surface area contributed by atoms with Crippen LogP contribution in [-0.4, -0.2) is 24.7 Å². The Bertz CT molecular complexity index is 714. The van der Waals surface area contributed by atoms with Gasteiger partial charge in [0.25, 0.3) is 0 Å². The summed E-state index contributed by atoms with van der Waals surface area (Å²) in [5, 5.41) is 7.10. The molecule has 3 aromatic rings. The normalized spacial score (nSPS) is 12.1. The van der Waals surface area contributed by atoms with Gasteiger partial charge in [0, 0.05) is 18.1 Å². The molecule has 0 fully saturated rings. The van der Waals surface area contributed by atoms with Gasteiger partial charge >= 0.3 is 0 Å². The zero-order valence-electron chi connectivity index (χ0n) is 11.3. The molecule has 0 radical (unpaired) electrons. The highest BCUT2D eigenvalue weighted by Crippen LogP contribution is 2.21. The van der Waals surface area contributed by atoms with E-state index in [-0.39, 0.29) is 11.9 Å². The first-order chi connectivity index (χ1) is 10.2. The van der Waals surface area contributed by atoms with Crippen LogP contribution in [0, 0.1) is 5.82 Å². The number of hydrogen-bond acceptors (Lipinski definition) is 5. The van der Waals surface area contributed by atoms with E-state index >= 15 is 0 Å².